The first-order valence-corrected chi connectivity index (χ1v) is 7.77. The summed E-state index contributed by atoms with van der Waals surface area (Å²) in [5.41, 5.74) is 1.15. The van der Waals surface area contributed by atoms with Gasteiger partial charge in [-0.2, -0.15) is 0 Å². The number of anilines is 2. The normalized spacial score (nSPS) is 13.9. The number of nitrogens with one attached hydrogen (secondary N) is 1. The van der Waals surface area contributed by atoms with Crippen molar-refractivity contribution in [3.63, 3.8) is 0 Å². The van der Waals surface area contributed by atoms with E-state index in [1.54, 1.807) is 25.3 Å². The van der Waals surface area contributed by atoms with Gasteiger partial charge in [-0.15, -0.1) is 0 Å². The summed E-state index contributed by atoms with van der Waals surface area (Å²) in [5.74, 6) is 1.09. The number of carbonyl (C=O) groups is 1. The van der Waals surface area contributed by atoms with Crippen molar-refractivity contribution in [3.05, 3.63) is 41.3 Å². The summed E-state index contributed by atoms with van der Waals surface area (Å²) in [4.78, 5) is 22.4. The van der Waals surface area contributed by atoms with Crippen LogP contribution in [0.5, 0.6) is 5.75 Å². The van der Waals surface area contributed by atoms with Crippen LogP contribution in [0.1, 0.15) is 23.3 Å². The van der Waals surface area contributed by atoms with Crippen molar-refractivity contribution in [1.29, 1.82) is 0 Å². The molecule has 2 aromatic rings. The molecule has 2 heterocycles. The lowest BCUT2D eigenvalue weighted by Crippen LogP contribution is -2.28. The first-order chi connectivity index (χ1) is 11.2. The van der Waals surface area contributed by atoms with E-state index in [9.17, 15) is 4.79 Å². The second-order valence-corrected chi connectivity index (χ2v) is 5.67. The van der Waals surface area contributed by atoms with Crippen LogP contribution in [0.2, 0.25) is 5.02 Å². The summed E-state index contributed by atoms with van der Waals surface area (Å²) in [6, 6.07) is 6.99. The van der Waals surface area contributed by atoms with E-state index in [0.717, 1.165) is 31.6 Å². The minimum atomic E-state index is -0.0549. The minimum Gasteiger partial charge on any atom is -0.495 e. The van der Waals surface area contributed by atoms with Crippen LogP contribution in [-0.4, -0.2) is 41.0 Å². The van der Waals surface area contributed by atoms with E-state index in [4.69, 9.17) is 16.3 Å². The molecule has 6 nitrogen and oxygen atoms in total. The van der Waals surface area contributed by atoms with Crippen LogP contribution in [0, 0.1) is 0 Å². The zero-order valence-electron chi connectivity index (χ0n) is 12.8. The van der Waals surface area contributed by atoms with E-state index in [-0.39, 0.29) is 5.91 Å². The van der Waals surface area contributed by atoms with Gasteiger partial charge in [0, 0.05) is 24.8 Å². The number of halogens is 1. The Kier molecular flexibility index (Phi) is 4.62. The third-order valence-corrected chi connectivity index (χ3v) is 4.00. The number of aromatic nitrogens is 2. The third kappa shape index (κ3) is 3.53. The molecule has 1 aliphatic heterocycles. The largest absolute Gasteiger partial charge is 0.495 e. The average Bonchev–Trinajstić information content (AvgIpc) is 3.09. The van der Waals surface area contributed by atoms with E-state index in [1.807, 2.05) is 11.0 Å². The summed E-state index contributed by atoms with van der Waals surface area (Å²) in [5, 5.41) is 3.62. The number of carbonyl (C=O) groups excluding carboxylic acids is 1. The maximum atomic E-state index is 12.4. The molecule has 1 aromatic heterocycles. The Labute approximate surface area is 139 Å². The number of likely N-dealkylation sites (tertiary alicyclic amines) is 1. The average molecular weight is 333 g/mol. The van der Waals surface area contributed by atoms with Gasteiger partial charge in [-0.1, -0.05) is 11.6 Å². The Morgan fingerprint density at radius 2 is 2.04 bits per heavy atom. The van der Waals surface area contributed by atoms with Crippen LogP contribution < -0.4 is 10.1 Å². The van der Waals surface area contributed by atoms with Crippen LogP contribution in [0.25, 0.3) is 0 Å². The first-order valence-electron chi connectivity index (χ1n) is 7.39. The molecule has 120 valence electrons. The van der Waals surface area contributed by atoms with E-state index in [0.29, 0.717) is 22.3 Å². The molecule has 23 heavy (non-hydrogen) atoms. The number of ether oxygens (including phenoxy) is 1. The number of benzene rings is 1. The van der Waals surface area contributed by atoms with E-state index >= 15 is 0 Å². The fourth-order valence-corrected chi connectivity index (χ4v) is 2.77. The van der Waals surface area contributed by atoms with Crippen LogP contribution in [0.4, 0.5) is 11.5 Å². The summed E-state index contributed by atoms with van der Waals surface area (Å²) in [6.07, 6.45) is 3.48. The molecule has 0 unspecified atom stereocenters. The van der Waals surface area contributed by atoms with Crippen LogP contribution in [-0.2, 0) is 0 Å². The molecule has 1 amide bonds. The molecule has 1 aromatic carbocycles. The molecule has 0 bridgehead atoms. The SMILES string of the molecule is COc1ccc(Nc2cc(C(=O)N3CCCC3)ncn2)cc1Cl. The third-order valence-electron chi connectivity index (χ3n) is 3.70. The molecule has 0 radical (unpaired) electrons. The Hall–Kier alpha value is -2.34. The maximum absolute atomic E-state index is 12.4. The molecule has 1 fully saturated rings. The predicted octanol–water partition coefficient (Wildman–Crippen LogP) is 3.12. The summed E-state index contributed by atoms with van der Waals surface area (Å²) >= 11 is 6.11. The molecule has 7 heteroatoms. The Morgan fingerprint density at radius 1 is 1.26 bits per heavy atom. The van der Waals surface area contributed by atoms with E-state index < -0.39 is 0 Å². The molecule has 3 rings (SSSR count). The topological polar surface area (TPSA) is 67.3 Å². The van der Waals surface area contributed by atoms with Gasteiger partial charge >= 0.3 is 0 Å². The van der Waals surface area contributed by atoms with E-state index in [1.165, 1.54) is 6.33 Å². The highest BCUT2D eigenvalue weighted by molar-refractivity contribution is 6.32. The smallest absolute Gasteiger partial charge is 0.272 e. The Bertz CT molecular complexity index is 717. The Morgan fingerprint density at radius 3 is 2.74 bits per heavy atom. The van der Waals surface area contributed by atoms with Gasteiger partial charge in [0.15, 0.2) is 0 Å². The number of hydrogen-bond donors (Lipinski definition) is 1. The monoisotopic (exact) mass is 332 g/mol. The molecular formula is C16H17ClN4O2. The van der Waals surface area contributed by atoms with Crippen molar-refractivity contribution in [1.82, 2.24) is 14.9 Å². The number of methoxy groups -OCH3 is 1. The number of rotatable bonds is 4. The molecule has 1 saturated heterocycles. The van der Waals surface area contributed by atoms with Gasteiger partial charge in [0.2, 0.25) is 0 Å². The summed E-state index contributed by atoms with van der Waals surface area (Å²) in [6.45, 7) is 1.58. The second kappa shape index (κ2) is 6.83. The molecule has 0 saturated carbocycles. The molecule has 1 aliphatic rings. The van der Waals surface area contributed by atoms with Crippen molar-refractivity contribution in [2.45, 2.75) is 12.8 Å². The van der Waals surface area contributed by atoms with Gasteiger partial charge in [-0.3, -0.25) is 4.79 Å². The van der Waals surface area contributed by atoms with Crippen molar-refractivity contribution in [2.75, 3.05) is 25.5 Å². The van der Waals surface area contributed by atoms with Gasteiger partial charge in [-0.05, 0) is 31.0 Å². The lowest BCUT2D eigenvalue weighted by atomic mass is 10.3. The molecule has 1 N–H and O–H groups in total. The van der Waals surface area contributed by atoms with Gasteiger partial charge in [0.25, 0.3) is 5.91 Å². The highest BCUT2D eigenvalue weighted by Crippen LogP contribution is 2.28. The van der Waals surface area contributed by atoms with Gasteiger partial charge < -0.3 is 15.0 Å². The van der Waals surface area contributed by atoms with Crippen molar-refractivity contribution >= 4 is 29.0 Å². The highest BCUT2D eigenvalue weighted by Gasteiger charge is 2.20. The highest BCUT2D eigenvalue weighted by atomic mass is 35.5. The summed E-state index contributed by atoms with van der Waals surface area (Å²) < 4.78 is 5.12. The second-order valence-electron chi connectivity index (χ2n) is 5.26. The van der Waals surface area contributed by atoms with Gasteiger partial charge in [-0.25, -0.2) is 9.97 Å². The van der Waals surface area contributed by atoms with E-state index in [2.05, 4.69) is 15.3 Å². The number of nitrogens with zero attached hydrogens (tertiary/aromatic N) is 3. The summed E-state index contributed by atoms with van der Waals surface area (Å²) in [7, 11) is 1.56. The standard InChI is InChI=1S/C16H17ClN4O2/c1-23-14-5-4-11(8-12(14)17)20-15-9-13(18-10-19-15)16(22)21-6-2-3-7-21/h4-5,8-10H,2-3,6-7H2,1H3,(H,18,19,20). The first kappa shape index (κ1) is 15.6. The predicted molar refractivity (Wildman–Crippen MR) is 88.5 cm³/mol. The molecule has 0 atom stereocenters. The fourth-order valence-electron chi connectivity index (χ4n) is 2.52. The van der Waals surface area contributed by atoms with Gasteiger partial charge in [0.05, 0.1) is 12.1 Å². The van der Waals surface area contributed by atoms with Crippen LogP contribution in [0.15, 0.2) is 30.6 Å². The zero-order chi connectivity index (χ0) is 16.2. The minimum absolute atomic E-state index is 0.0549. The molecule has 0 spiro atoms. The maximum Gasteiger partial charge on any atom is 0.272 e. The lowest BCUT2D eigenvalue weighted by molar-refractivity contribution is 0.0787. The van der Waals surface area contributed by atoms with Crippen LogP contribution >= 0.6 is 11.6 Å². The Balaban J connectivity index is 1.77. The number of hydrogen-bond acceptors (Lipinski definition) is 5. The zero-order valence-corrected chi connectivity index (χ0v) is 13.5. The van der Waals surface area contributed by atoms with Crippen LogP contribution in [0.3, 0.4) is 0 Å². The quantitative estimate of drug-likeness (QED) is 0.931. The van der Waals surface area contributed by atoms with Gasteiger partial charge in [0.1, 0.15) is 23.6 Å². The molecular weight excluding hydrogens is 316 g/mol. The van der Waals surface area contributed by atoms with Crippen molar-refractivity contribution in [3.8, 4) is 5.75 Å². The molecule has 0 aliphatic carbocycles. The van der Waals surface area contributed by atoms with Crippen molar-refractivity contribution in [2.24, 2.45) is 0 Å². The number of amides is 1. The van der Waals surface area contributed by atoms with Crippen molar-refractivity contribution < 1.29 is 9.53 Å². The lowest BCUT2D eigenvalue weighted by Gasteiger charge is -2.15. The fraction of sp³-hybridized carbons (Fsp3) is 0.312.